The maximum atomic E-state index is 13.7. The molecule has 1 atom stereocenters. The van der Waals surface area contributed by atoms with E-state index in [-0.39, 0.29) is 5.82 Å². The lowest BCUT2D eigenvalue weighted by molar-refractivity contribution is 0.482. The Hall–Kier alpha value is -0.610. The van der Waals surface area contributed by atoms with Gasteiger partial charge >= 0.3 is 0 Å². The standard InChI is InChI=1S/C15H19BrClFN2/c1-3-4-5-10(2)20-14-8-11(16)12(18)9-13(14)19-15(20)6-7-17/h8-10H,3-7H2,1-2H3. The fraction of sp³-hybridized carbons (Fsp3) is 0.533. The number of halogens is 3. The van der Waals surface area contributed by atoms with Gasteiger partial charge in [-0.25, -0.2) is 9.37 Å². The number of imidazole rings is 1. The van der Waals surface area contributed by atoms with Crippen molar-refractivity contribution in [3.05, 3.63) is 28.2 Å². The van der Waals surface area contributed by atoms with Crippen molar-refractivity contribution in [2.24, 2.45) is 0 Å². The number of rotatable bonds is 6. The highest BCUT2D eigenvalue weighted by molar-refractivity contribution is 9.10. The molecule has 0 spiro atoms. The van der Waals surface area contributed by atoms with Crippen molar-refractivity contribution in [1.29, 1.82) is 0 Å². The molecule has 0 aliphatic rings. The highest BCUT2D eigenvalue weighted by atomic mass is 79.9. The summed E-state index contributed by atoms with van der Waals surface area (Å²) in [6, 6.07) is 3.65. The van der Waals surface area contributed by atoms with Gasteiger partial charge in [-0.15, -0.1) is 11.6 Å². The van der Waals surface area contributed by atoms with Gasteiger partial charge in [-0.2, -0.15) is 0 Å². The van der Waals surface area contributed by atoms with Gasteiger partial charge < -0.3 is 4.57 Å². The number of benzene rings is 1. The van der Waals surface area contributed by atoms with Crippen molar-refractivity contribution in [3.63, 3.8) is 0 Å². The van der Waals surface area contributed by atoms with Crippen LogP contribution in [0.4, 0.5) is 4.39 Å². The van der Waals surface area contributed by atoms with E-state index in [9.17, 15) is 4.39 Å². The summed E-state index contributed by atoms with van der Waals surface area (Å²) in [5.74, 6) is 1.19. The molecule has 110 valence electrons. The van der Waals surface area contributed by atoms with Crippen molar-refractivity contribution in [2.75, 3.05) is 5.88 Å². The minimum absolute atomic E-state index is 0.277. The Morgan fingerprint density at radius 1 is 1.45 bits per heavy atom. The maximum absolute atomic E-state index is 13.7. The quantitative estimate of drug-likeness (QED) is 0.624. The second-order valence-corrected chi connectivity index (χ2v) is 6.32. The maximum Gasteiger partial charge on any atom is 0.139 e. The summed E-state index contributed by atoms with van der Waals surface area (Å²) in [4.78, 5) is 4.55. The van der Waals surface area contributed by atoms with E-state index in [4.69, 9.17) is 11.6 Å². The Morgan fingerprint density at radius 2 is 2.20 bits per heavy atom. The number of aryl methyl sites for hydroxylation is 1. The van der Waals surface area contributed by atoms with E-state index in [1.165, 1.54) is 18.9 Å². The van der Waals surface area contributed by atoms with Crippen molar-refractivity contribution in [3.8, 4) is 0 Å². The van der Waals surface area contributed by atoms with Crippen LogP contribution in [0.5, 0.6) is 0 Å². The molecule has 1 aromatic heterocycles. The van der Waals surface area contributed by atoms with E-state index in [0.717, 1.165) is 17.8 Å². The third-order valence-corrected chi connectivity index (χ3v) is 4.34. The molecule has 0 aliphatic carbocycles. The SMILES string of the molecule is CCCCC(C)n1c(CCCl)nc2cc(F)c(Br)cc21. The second-order valence-electron chi connectivity index (χ2n) is 5.08. The molecule has 2 nitrogen and oxygen atoms in total. The predicted molar refractivity (Wildman–Crippen MR) is 86.1 cm³/mol. The van der Waals surface area contributed by atoms with Gasteiger partial charge in [0.25, 0.3) is 0 Å². The van der Waals surface area contributed by atoms with Gasteiger partial charge in [-0.1, -0.05) is 19.8 Å². The van der Waals surface area contributed by atoms with Gasteiger partial charge in [0.2, 0.25) is 0 Å². The molecule has 0 aliphatic heterocycles. The first-order chi connectivity index (χ1) is 9.58. The molecule has 1 heterocycles. The zero-order valence-electron chi connectivity index (χ0n) is 11.8. The number of hydrogen-bond acceptors (Lipinski definition) is 1. The Morgan fingerprint density at radius 3 is 2.85 bits per heavy atom. The first kappa shape index (κ1) is 15.8. The van der Waals surface area contributed by atoms with Crippen LogP contribution in [0, 0.1) is 5.82 Å². The number of fused-ring (bicyclic) bond motifs is 1. The molecule has 0 amide bonds. The van der Waals surface area contributed by atoms with E-state index in [2.05, 4.69) is 39.3 Å². The fourth-order valence-corrected chi connectivity index (χ4v) is 3.02. The van der Waals surface area contributed by atoms with E-state index >= 15 is 0 Å². The molecular weight excluding hydrogens is 343 g/mol. The van der Waals surface area contributed by atoms with Gasteiger partial charge in [0, 0.05) is 24.4 Å². The van der Waals surface area contributed by atoms with Crippen LogP contribution in [-0.2, 0) is 6.42 Å². The molecule has 5 heteroatoms. The van der Waals surface area contributed by atoms with Gasteiger partial charge in [-0.3, -0.25) is 0 Å². The topological polar surface area (TPSA) is 17.8 Å². The first-order valence-corrected chi connectivity index (χ1v) is 8.33. The molecule has 2 aromatic rings. The molecule has 0 N–H and O–H groups in total. The van der Waals surface area contributed by atoms with E-state index in [1.54, 1.807) is 0 Å². The molecule has 1 aromatic carbocycles. The second kappa shape index (κ2) is 6.90. The summed E-state index contributed by atoms with van der Waals surface area (Å²) in [6.07, 6.45) is 4.13. The Kier molecular flexibility index (Phi) is 5.44. The van der Waals surface area contributed by atoms with Crippen LogP contribution in [0.2, 0.25) is 0 Å². The predicted octanol–water partition coefficient (Wildman–Crippen LogP) is 5.47. The molecule has 0 radical (unpaired) electrons. The van der Waals surface area contributed by atoms with Gasteiger partial charge in [0.1, 0.15) is 11.6 Å². The number of unbranched alkanes of at least 4 members (excludes halogenated alkanes) is 1. The summed E-state index contributed by atoms with van der Waals surface area (Å²) in [7, 11) is 0. The van der Waals surface area contributed by atoms with Gasteiger partial charge in [-0.05, 0) is 35.3 Å². The lowest BCUT2D eigenvalue weighted by atomic mass is 10.1. The van der Waals surface area contributed by atoms with E-state index in [0.29, 0.717) is 28.3 Å². The van der Waals surface area contributed by atoms with Crippen molar-refractivity contribution in [1.82, 2.24) is 9.55 Å². The molecular formula is C15H19BrClFN2. The van der Waals surface area contributed by atoms with Crippen molar-refractivity contribution in [2.45, 2.75) is 45.6 Å². The Balaban J connectivity index is 2.52. The van der Waals surface area contributed by atoms with Crippen LogP contribution in [0.25, 0.3) is 11.0 Å². The monoisotopic (exact) mass is 360 g/mol. The number of aromatic nitrogens is 2. The van der Waals surface area contributed by atoms with E-state index in [1.807, 2.05) is 6.07 Å². The van der Waals surface area contributed by atoms with E-state index < -0.39 is 0 Å². The zero-order chi connectivity index (χ0) is 14.7. The summed E-state index contributed by atoms with van der Waals surface area (Å²) in [6.45, 7) is 4.37. The summed E-state index contributed by atoms with van der Waals surface area (Å²) in [5.41, 5.74) is 1.68. The van der Waals surface area contributed by atoms with Gasteiger partial charge in [0.15, 0.2) is 0 Å². The largest absolute Gasteiger partial charge is 0.325 e. The summed E-state index contributed by atoms with van der Waals surface area (Å²) in [5, 5.41) is 0. The third-order valence-electron chi connectivity index (χ3n) is 3.54. The highest BCUT2D eigenvalue weighted by Gasteiger charge is 2.17. The average molecular weight is 362 g/mol. The van der Waals surface area contributed by atoms with Crippen LogP contribution in [0.15, 0.2) is 16.6 Å². The molecule has 0 fully saturated rings. The Bertz CT molecular complexity index is 597. The van der Waals surface area contributed by atoms with Crippen LogP contribution in [0.3, 0.4) is 0 Å². The molecule has 0 saturated carbocycles. The number of nitrogens with zero attached hydrogens (tertiary/aromatic N) is 2. The molecule has 1 unspecified atom stereocenters. The zero-order valence-corrected chi connectivity index (χ0v) is 14.1. The average Bonchev–Trinajstić information content (AvgIpc) is 2.74. The van der Waals surface area contributed by atoms with Crippen molar-refractivity contribution >= 4 is 38.6 Å². The van der Waals surface area contributed by atoms with Crippen LogP contribution >= 0.6 is 27.5 Å². The third kappa shape index (κ3) is 3.17. The Labute approximate surface area is 132 Å². The molecule has 0 saturated heterocycles. The molecule has 0 bridgehead atoms. The van der Waals surface area contributed by atoms with Crippen molar-refractivity contribution < 1.29 is 4.39 Å². The molecule has 20 heavy (non-hydrogen) atoms. The number of hydrogen-bond donors (Lipinski definition) is 0. The smallest absolute Gasteiger partial charge is 0.139 e. The summed E-state index contributed by atoms with van der Waals surface area (Å²) >= 11 is 9.13. The number of alkyl halides is 1. The van der Waals surface area contributed by atoms with Crippen LogP contribution < -0.4 is 0 Å². The van der Waals surface area contributed by atoms with Gasteiger partial charge in [0.05, 0.1) is 15.5 Å². The normalized spacial score (nSPS) is 13.1. The minimum atomic E-state index is -0.277. The lowest BCUT2D eigenvalue weighted by Crippen LogP contribution is -2.10. The molecule has 2 rings (SSSR count). The van der Waals surface area contributed by atoms with Crippen LogP contribution in [-0.4, -0.2) is 15.4 Å². The van der Waals surface area contributed by atoms with Crippen LogP contribution in [0.1, 0.15) is 45.0 Å². The fourth-order valence-electron chi connectivity index (χ4n) is 2.52. The lowest BCUT2D eigenvalue weighted by Gasteiger charge is -2.17. The minimum Gasteiger partial charge on any atom is -0.325 e. The highest BCUT2D eigenvalue weighted by Crippen LogP contribution is 2.29. The summed E-state index contributed by atoms with van der Waals surface area (Å²) < 4.78 is 16.3. The first-order valence-electron chi connectivity index (χ1n) is 7.00.